The molecule has 2 atom stereocenters. The summed E-state index contributed by atoms with van der Waals surface area (Å²) in [5.74, 6) is 0.298. The Morgan fingerprint density at radius 1 is 0.884 bits per heavy atom. The average Bonchev–Trinajstić information content (AvgIpc) is 3.04. The summed E-state index contributed by atoms with van der Waals surface area (Å²) in [4.78, 5) is 9.59. The fourth-order valence-electron chi connectivity index (χ4n) is 6.33. The number of hydrogen-bond acceptors (Lipinski definition) is 3. The van der Waals surface area contributed by atoms with Crippen molar-refractivity contribution in [3.8, 4) is 11.1 Å². The lowest BCUT2D eigenvalue weighted by atomic mass is 9.67. The number of hydrogen-bond donors (Lipinski definition) is 1. The Morgan fingerprint density at radius 3 is 2.51 bits per heavy atom. The third-order valence-corrected chi connectivity index (χ3v) is 8.91. The Labute approximate surface area is 256 Å². The molecule has 1 aliphatic carbocycles. The molecule has 3 heteroatoms. The predicted molar refractivity (Wildman–Crippen MR) is 180 cm³/mol. The lowest BCUT2D eigenvalue weighted by Crippen LogP contribution is -2.26. The quantitative estimate of drug-likeness (QED) is 0.172. The van der Waals surface area contributed by atoms with E-state index in [1.165, 1.54) is 44.3 Å². The van der Waals surface area contributed by atoms with Crippen LogP contribution >= 0.6 is 0 Å². The summed E-state index contributed by atoms with van der Waals surface area (Å²) in [7, 11) is 0. The van der Waals surface area contributed by atoms with Crippen LogP contribution in [0.4, 0.5) is 0 Å². The zero-order chi connectivity index (χ0) is 29.6. The van der Waals surface area contributed by atoms with Gasteiger partial charge in [0.1, 0.15) is 0 Å². The first-order chi connectivity index (χ1) is 21.0. The van der Waals surface area contributed by atoms with Gasteiger partial charge in [0.15, 0.2) is 0 Å². The van der Waals surface area contributed by atoms with Crippen LogP contribution in [-0.4, -0.2) is 16.5 Å². The molecule has 0 saturated heterocycles. The van der Waals surface area contributed by atoms with E-state index in [2.05, 4.69) is 134 Å². The summed E-state index contributed by atoms with van der Waals surface area (Å²) in [6.45, 7) is 8.41. The van der Waals surface area contributed by atoms with Crippen LogP contribution in [0.1, 0.15) is 54.1 Å². The molecular formula is C40H41N3. The summed E-state index contributed by atoms with van der Waals surface area (Å²) in [5, 5.41) is 4.84. The molecule has 0 bridgehead atoms. The van der Waals surface area contributed by atoms with E-state index < -0.39 is 0 Å². The van der Waals surface area contributed by atoms with E-state index in [-0.39, 0.29) is 5.41 Å². The van der Waals surface area contributed by atoms with E-state index in [1.807, 2.05) is 18.5 Å². The van der Waals surface area contributed by atoms with Crippen LogP contribution in [0.2, 0.25) is 0 Å². The molecule has 2 heterocycles. The first-order valence-electron chi connectivity index (χ1n) is 15.5. The maximum atomic E-state index is 5.16. The molecule has 0 saturated carbocycles. The van der Waals surface area contributed by atoms with Crippen LogP contribution in [-0.2, 0) is 19.4 Å². The van der Waals surface area contributed by atoms with Gasteiger partial charge in [0.2, 0.25) is 0 Å². The molecule has 3 aromatic carbocycles. The Balaban J connectivity index is 1.37. The standard InChI is InChI=1S/C40H41N3/c1-29-16-19-40(3,20-17-29)38(24-32-12-8-21-41-27-32)34-14-15-39-37(25-34)36(33-13-7-9-30(2)23-33)26-35(43-39)28-42-22-18-31-10-5-4-6-11-31/h4-17,19,21,23,25-27,38,42H,18,20,22,24,28H2,1-3H3. The molecule has 1 N–H and O–H groups in total. The number of fused-ring (bicyclic) bond motifs is 1. The Kier molecular flexibility index (Phi) is 8.62. The molecule has 3 nitrogen and oxygen atoms in total. The second-order valence-corrected chi connectivity index (χ2v) is 12.3. The highest BCUT2D eigenvalue weighted by Crippen LogP contribution is 2.46. The molecule has 0 amide bonds. The van der Waals surface area contributed by atoms with Crippen LogP contribution in [0.15, 0.2) is 127 Å². The van der Waals surface area contributed by atoms with Crippen LogP contribution in [0.3, 0.4) is 0 Å². The Hall–Kier alpha value is -4.34. The molecule has 0 fully saturated rings. The minimum Gasteiger partial charge on any atom is -0.311 e. The van der Waals surface area contributed by atoms with Gasteiger partial charge in [0.25, 0.3) is 0 Å². The third-order valence-electron chi connectivity index (χ3n) is 8.91. The maximum Gasteiger partial charge on any atom is 0.0712 e. The van der Waals surface area contributed by atoms with E-state index in [0.29, 0.717) is 5.92 Å². The average molecular weight is 564 g/mol. The lowest BCUT2D eigenvalue weighted by molar-refractivity contribution is 0.332. The van der Waals surface area contributed by atoms with Gasteiger partial charge in [-0.25, -0.2) is 0 Å². The molecule has 43 heavy (non-hydrogen) atoms. The summed E-state index contributed by atoms with van der Waals surface area (Å²) in [6.07, 6.45) is 13.9. The van der Waals surface area contributed by atoms with Gasteiger partial charge in [-0.05, 0) is 103 Å². The van der Waals surface area contributed by atoms with Crippen molar-refractivity contribution in [2.75, 3.05) is 6.54 Å². The van der Waals surface area contributed by atoms with Gasteiger partial charge in [0, 0.05) is 24.3 Å². The maximum absolute atomic E-state index is 5.16. The van der Waals surface area contributed by atoms with Gasteiger partial charge >= 0.3 is 0 Å². The van der Waals surface area contributed by atoms with Gasteiger partial charge in [-0.15, -0.1) is 0 Å². The number of pyridine rings is 2. The van der Waals surface area contributed by atoms with E-state index in [1.54, 1.807) is 0 Å². The molecule has 0 aliphatic heterocycles. The highest BCUT2D eigenvalue weighted by atomic mass is 14.9. The van der Waals surface area contributed by atoms with Crippen molar-refractivity contribution in [1.82, 2.24) is 15.3 Å². The smallest absolute Gasteiger partial charge is 0.0712 e. The molecule has 216 valence electrons. The summed E-state index contributed by atoms with van der Waals surface area (Å²) in [6, 6.07) is 33.0. The number of benzene rings is 3. The number of nitrogens with one attached hydrogen (secondary N) is 1. The van der Waals surface area contributed by atoms with E-state index >= 15 is 0 Å². The second kappa shape index (κ2) is 12.9. The van der Waals surface area contributed by atoms with Gasteiger partial charge in [0.05, 0.1) is 11.2 Å². The van der Waals surface area contributed by atoms with Crippen molar-refractivity contribution in [3.05, 3.63) is 155 Å². The molecule has 6 rings (SSSR count). The minimum atomic E-state index is 0.00255. The van der Waals surface area contributed by atoms with Crippen molar-refractivity contribution in [1.29, 1.82) is 0 Å². The highest BCUT2D eigenvalue weighted by Gasteiger charge is 2.34. The molecule has 2 aromatic heterocycles. The number of aromatic nitrogens is 2. The van der Waals surface area contributed by atoms with Crippen LogP contribution < -0.4 is 5.32 Å². The van der Waals surface area contributed by atoms with Gasteiger partial charge in [-0.2, -0.15) is 0 Å². The molecular weight excluding hydrogens is 522 g/mol. The second-order valence-electron chi connectivity index (χ2n) is 12.3. The fourth-order valence-corrected chi connectivity index (χ4v) is 6.33. The van der Waals surface area contributed by atoms with Crippen molar-refractivity contribution >= 4 is 10.9 Å². The van der Waals surface area contributed by atoms with Gasteiger partial charge in [-0.1, -0.05) is 103 Å². The largest absolute Gasteiger partial charge is 0.311 e. The van der Waals surface area contributed by atoms with E-state index in [9.17, 15) is 0 Å². The van der Waals surface area contributed by atoms with Crippen LogP contribution in [0.25, 0.3) is 22.0 Å². The predicted octanol–water partition coefficient (Wildman–Crippen LogP) is 9.18. The summed E-state index contributed by atoms with van der Waals surface area (Å²) < 4.78 is 0. The lowest BCUT2D eigenvalue weighted by Gasteiger charge is -2.37. The number of allylic oxidation sites excluding steroid dienone is 4. The number of rotatable bonds is 10. The highest BCUT2D eigenvalue weighted by molar-refractivity contribution is 5.95. The van der Waals surface area contributed by atoms with Crippen molar-refractivity contribution in [2.45, 2.75) is 52.5 Å². The number of nitrogens with zero attached hydrogens (tertiary/aromatic N) is 2. The Morgan fingerprint density at radius 2 is 1.74 bits per heavy atom. The Bertz CT molecular complexity index is 1750. The molecule has 1 aliphatic rings. The van der Waals surface area contributed by atoms with E-state index in [4.69, 9.17) is 4.98 Å². The van der Waals surface area contributed by atoms with Gasteiger partial charge in [-0.3, -0.25) is 9.97 Å². The van der Waals surface area contributed by atoms with Crippen LogP contribution in [0.5, 0.6) is 0 Å². The first-order valence-corrected chi connectivity index (χ1v) is 15.5. The van der Waals surface area contributed by atoms with E-state index in [0.717, 1.165) is 43.6 Å². The third kappa shape index (κ3) is 6.84. The first kappa shape index (κ1) is 28.8. The van der Waals surface area contributed by atoms with Gasteiger partial charge < -0.3 is 5.32 Å². The van der Waals surface area contributed by atoms with Crippen molar-refractivity contribution in [3.63, 3.8) is 0 Å². The molecule has 0 radical (unpaired) electrons. The summed E-state index contributed by atoms with van der Waals surface area (Å²) >= 11 is 0. The topological polar surface area (TPSA) is 37.8 Å². The zero-order valence-electron chi connectivity index (χ0n) is 25.6. The SMILES string of the molecule is CC1=CCC(C)(C(Cc2cccnc2)c2ccc3nc(CNCCc4ccccc4)cc(-c4cccc(C)c4)c3c2)C=C1. The fraction of sp³-hybridized carbons (Fsp3) is 0.250. The molecule has 0 spiro atoms. The molecule has 5 aromatic rings. The van der Waals surface area contributed by atoms with Crippen LogP contribution in [0, 0.1) is 12.3 Å². The van der Waals surface area contributed by atoms with Crippen molar-refractivity contribution in [2.24, 2.45) is 5.41 Å². The van der Waals surface area contributed by atoms with Crippen molar-refractivity contribution < 1.29 is 0 Å². The monoisotopic (exact) mass is 563 g/mol. The zero-order valence-corrected chi connectivity index (χ0v) is 25.6. The normalized spacial score (nSPS) is 17.1. The number of aryl methyl sites for hydroxylation is 1. The summed E-state index contributed by atoms with van der Waals surface area (Å²) in [5.41, 5.74) is 11.2. The molecule has 2 unspecified atom stereocenters. The minimum absolute atomic E-state index is 0.00255.